The Morgan fingerprint density at radius 2 is 1.90 bits per heavy atom. The number of aromatic nitrogens is 1. The highest BCUT2D eigenvalue weighted by molar-refractivity contribution is 7.93. The van der Waals surface area contributed by atoms with Gasteiger partial charge < -0.3 is 10.2 Å². The van der Waals surface area contributed by atoms with Crippen molar-refractivity contribution < 1.29 is 14.6 Å². The van der Waals surface area contributed by atoms with Crippen molar-refractivity contribution in [3.05, 3.63) is 71.7 Å². The molecule has 7 nitrogen and oxygen atoms in total. The molecule has 1 fully saturated rings. The van der Waals surface area contributed by atoms with Gasteiger partial charge in [-0.3, -0.25) is 9.52 Å². The van der Waals surface area contributed by atoms with Gasteiger partial charge in [0, 0.05) is 25.2 Å². The van der Waals surface area contributed by atoms with Crippen LogP contribution in [0, 0.1) is 0 Å². The minimum atomic E-state index is -3.70. The van der Waals surface area contributed by atoms with E-state index in [1.807, 2.05) is 18.2 Å². The van der Waals surface area contributed by atoms with Gasteiger partial charge in [-0.1, -0.05) is 30.3 Å². The van der Waals surface area contributed by atoms with Gasteiger partial charge in [-0.25, -0.2) is 13.4 Å². The fourth-order valence-electron chi connectivity index (χ4n) is 3.41. The second kappa shape index (κ2) is 8.95. The molecule has 1 atom stereocenters. The highest BCUT2D eigenvalue weighted by Gasteiger charge is 2.32. The van der Waals surface area contributed by atoms with E-state index in [9.17, 15) is 13.2 Å². The van der Waals surface area contributed by atoms with E-state index in [2.05, 4.69) is 27.2 Å². The Bertz CT molecular complexity index is 1090. The lowest BCUT2D eigenvalue weighted by atomic mass is 10.1. The van der Waals surface area contributed by atoms with E-state index in [-0.39, 0.29) is 18.3 Å². The molecular weight excluding hydrogens is 420 g/mol. The first-order valence-electron chi connectivity index (χ1n) is 9.64. The summed E-state index contributed by atoms with van der Waals surface area (Å²) in [6.45, 7) is 1.33. The average Bonchev–Trinajstić information content (AvgIpc) is 3.39. The van der Waals surface area contributed by atoms with Gasteiger partial charge in [0.25, 0.3) is 10.0 Å². The predicted octanol–water partition coefficient (Wildman–Crippen LogP) is 3.13. The van der Waals surface area contributed by atoms with E-state index in [4.69, 9.17) is 0 Å². The Morgan fingerprint density at radius 3 is 2.60 bits per heavy atom. The van der Waals surface area contributed by atoms with Crippen LogP contribution in [0.3, 0.4) is 0 Å². The third kappa shape index (κ3) is 4.69. The zero-order valence-electron chi connectivity index (χ0n) is 16.2. The standard InChI is InChI=1S/C21H22N4O3S2.H2/c26-20-19(22-12-10-16-4-2-1-3-5-16)11-14-25(20)17-6-8-18(9-7-17)30(27,28)24-21-23-13-15-29-21;/h1-9,13,15,19,22H,10-12,14H2,(H,23,24);1H. The summed E-state index contributed by atoms with van der Waals surface area (Å²) in [5.41, 5.74) is 1.93. The smallest absolute Gasteiger partial charge is 0.263 e. The average molecular weight is 445 g/mol. The molecule has 2 heterocycles. The molecule has 1 unspecified atom stereocenters. The number of sulfonamides is 1. The third-order valence-electron chi connectivity index (χ3n) is 4.97. The summed E-state index contributed by atoms with van der Waals surface area (Å²) in [5.74, 6) is 0.0135. The Hall–Kier alpha value is -2.75. The molecule has 0 spiro atoms. The van der Waals surface area contributed by atoms with Gasteiger partial charge in [0.1, 0.15) is 0 Å². The lowest BCUT2D eigenvalue weighted by Gasteiger charge is -2.18. The van der Waals surface area contributed by atoms with Crippen LogP contribution < -0.4 is 14.9 Å². The number of nitrogens with one attached hydrogen (secondary N) is 2. The van der Waals surface area contributed by atoms with Gasteiger partial charge in [0.15, 0.2) is 5.13 Å². The van der Waals surface area contributed by atoms with E-state index in [1.54, 1.807) is 22.4 Å². The number of carbonyl (C=O) groups is 1. The highest BCUT2D eigenvalue weighted by atomic mass is 32.2. The Balaban J connectivity index is 0.00000272. The van der Waals surface area contributed by atoms with Gasteiger partial charge in [-0.15, -0.1) is 11.3 Å². The molecule has 1 aliphatic heterocycles. The largest absolute Gasteiger partial charge is 0.311 e. The zero-order chi connectivity index (χ0) is 21.0. The number of carbonyl (C=O) groups excluding carboxylic acids is 1. The number of thiazole rings is 1. The van der Waals surface area contributed by atoms with Crippen LogP contribution in [-0.4, -0.2) is 38.4 Å². The molecule has 158 valence electrons. The summed E-state index contributed by atoms with van der Waals surface area (Å²) in [6, 6.07) is 16.3. The van der Waals surface area contributed by atoms with Crippen molar-refractivity contribution in [2.45, 2.75) is 23.8 Å². The van der Waals surface area contributed by atoms with Crippen LogP contribution in [0.4, 0.5) is 10.8 Å². The SMILES string of the molecule is O=C1C(NCCc2ccccc2)CCN1c1ccc(S(=O)(=O)Nc2nccs2)cc1.[HH]. The number of hydrogen-bond donors (Lipinski definition) is 2. The molecular formula is C21H24N4O3S2. The zero-order valence-corrected chi connectivity index (χ0v) is 17.8. The van der Waals surface area contributed by atoms with Crippen LogP contribution in [0.15, 0.2) is 71.1 Å². The van der Waals surface area contributed by atoms with Crippen molar-refractivity contribution in [3.8, 4) is 0 Å². The molecule has 0 bridgehead atoms. The molecule has 4 rings (SSSR count). The normalized spacial score (nSPS) is 16.7. The Morgan fingerprint density at radius 1 is 1.13 bits per heavy atom. The number of benzene rings is 2. The molecule has 9 heteroatoms. The molecule has 0 saturated carbocycles. The summed E-state index contributed by atoms with van der Waals surface area (Å²) < 4.78 is 27.3. The first-order valence-corrected chi connectivity index (χ1v) is 12.0. The van der Waals surface area contributed by atoms with Crippen molar-refractivity contribution in [3.63, 3.8) is 0 Å². The maximum absolute atomic E-state index is 12.8. The van der Waals surface area contributed by atoms with Crippen molar-refractivity contribution in [1.82, 2.24) is 10.3 Å². The summed E-state index contributed by atoms with van der Waals surface area (Å²) in [5, 5.41) is 5.35. The fraction of sp³-hybridized carbons (Fsp3) is 0.238. The minimum absolute atomic E-state index is 0. The molecule has 1 amide bonds. The van der Waals surface area contributed by atoms with Crippen LogP contribution >= 0.6 is 11.3 Å². The van der Waals surface area contributed by atoms with Gasteiger partial charge in [-0.05, 0) is 49.2 Å². The lowest BCUT2D eigenvalue weighted by molar-refractivity contribution is -0.118. The lowest BCUT2D eigenvalue weighted by Crippen LogP contribution is -2.39. The topological polar surface area (TPSA) is 91.4 Å². The summed E-state index contributed by atoms with van der Waals surface area (Å²) in [7, 11) is -3.70. The van der Waals surface area contributed by atoms with E-state index in [0.29, 0.717) is 17.4 Å². The second-order valence-corrected chi connectivity index (χ2v) is 9.53. The molecule has 0 aliphatic carbocycles. The van der Waals surface area contributed by atoms with Crippen LogP contribution in [0.1, 0.15) is 13.4 Å². The number of anilines is 2. The van der Waals surface area contributed by atoms with E-state index < -0.39 is 10.0 Å². The summed E-state index contributed by atoms with van der Waals surface area (Å²) >= 11 is 1.21. The van der Waals surface area contributed by atoms with Gasteiger partial charge in [-0.2, -0.15) is 0 Å². The van der Waals surface area contributed by atoms with E-state index >= 15 is 0 Å². The molecule has 30 heavy (non-hydrogen) atoms. The first kappa shape index (κ1) is 20.5. The van der Waals surface area contributed by atoms with Crippen molar-refractivity contribution in [2.24, 2.45) is 0 Å². The molecule has 3 aromatic rings. The monoisotopic (exact) mass is 444 g/mol. The molecule has 1 aliphatic rings. The Kier molecular flexibility index (Phi) is 6.12. The maximum Gasteiger partial charge on any atom is 0.263 e. The number of hydrogen-bond acceptors (Lipinski definition) is 6. The van der Waals surface area contributed by atoms with Crippen LogP contribution in [0.2, 0.25) is 0 Å². The number of rotatable bonds is 8. The molecule has 0 radical (unpaired) electrons. The van der Waals surface area contributed by atoms with Crippen LogP contribution in [0.25, 0.3) is 0 Å². The predicted molar refractivity (Wildman–Crippen MR) is 120 cm³/mol. The Labute approximate surface area is 181 Å². The van der Waals surface area contributed by atoms with Gasteiger partial charge >= 0.3 is 0 Å². The van der Waals surface area contributed by atoms with Crippen molar-refractivity contribution in [2.75, 3.05) is 22.7 Å². The first-order chi connectivity index (χ1) is 14.5. The number of nitrogens with zero attached hydrogens (tertiary/aromatic N) is 2. The van der Waals surface area contributed by atoms with Gasteiger partial charge in [0.05, 0.1) is 10.9 Å². The quantitative estimate of drug-likeness (QED) is 0.557. The molecule has 1 aromatic heterocycles. The fourth-order valence-corrected chi connectivity index (χ4v) is 5.20. The second-order valence-electron chi connectivity index (χ2n) is 6.96. The highest BCUT2D eigenvalue weighted by Crippen LogP contribution is 2.24. The van der Waals surface area contributed by atoms with Crippen LogP contribution in [-0.2, 0) is 21.2 Å². The molecule has 1 saturated heterocycles. The third-order valence-corrected chi connectivity index (χ3v) is 7.14. The van der Waals surface area contributed by atoms with Crippen molar-refractivity contribution in [1.29, 1.82) is 0 Å². The van der Waals surface area contributed by atoms with E-state index in [1.165, 1.54) is 35.2 Å². The van der Waals surface area contributed by atoms with Crippen LogP contribution in [0.5, 0.6) is 0 Å². The van der Waals surface area contributed by atoms with Gasteiger partial charge in [0.2, 0.25) is 5.91 Å². The van der Waals surface area contributed by atoms with E-state index in [0.717, 1.165) is 19.4 Å². The van der Waals surface area contributed by atoms with Crippen molar-refractivity contribution >= 4 is 38.1 Å². The molecule has 2 N–H and O–H groups in total. The summed E-state index contributed by atoms with van der Waals surface area (Å²) in [4.78, 5) is 18.5. The maximum atomic E-state index is 12.8. The minimum Gasteiger partial charge on any atom is -0.311 e. The molecule has 2 aromatic carbocycles. The summed E-state index contributed by atoms with van der Waals surface area (Å²) in [6.07, 6.45) is 3.12. The number of amides is 1.